The number of nitrogens with one attached hydrogen (secondary N) is 2. The van der Waals surface area contributed by atoms with Crippen molar-refractivity contribution in [3.63, 3.8) is 0 Å². The number of rotatable bonds is 4. The van der Waals surface area contributed by atoms with Gasteiger partial charge in [0.05, 0.1) is 6.20 Å². The third-order valence-corrected chi connectivity index (χ3v) is 3.50. The highest BCUT2D eigenvalue weighted by Crippen LogP contribution is 2.15. The zero-order chi connectivity index (χ0) is 12.4. The number of H-pyrrole nitrogens is 1. The third kappa shape index (κ3) is 2.42. The summed E-state index contributed by atoms with van der Waals surface area (Å²) in [5.41, 5.74) is 5.18. The first-order valence-corrected chi connectivity index (χ1v) is 5.93. The summed E-state index contributed by atoms with van der Waals surface area (Å²) < 4.78 is 2.22. The van der Waals surface area contributed by atoms with Crippen molar-refractivity contribution in [3.8, 4) is 0 Å². The molecule has 2 rings (SSSR count). The second kappa shape index (κ2) is 4.75. The number of hydrogen-bond donors (Lipinski definition) is 2. The summed E-state index contributed by atoms with van der Waals surface area (Å²) in [4.78, 5) is 0. The standard InChI is InChI=1S/C13H20N4/c1-9-5-12(11(3)17(9)4)6-14-10(2)13-7-15-16-8-13/h5,7-8,10,14H,6H2,1-4H3,(H,15,16). The fourth-order valence-electron chi connectivity index (χ4n) is 1.99. The summed E-state index contributed by atoms with van der Waals surface area (Å²) in [6.07, 6.45) is 3.79. The van der Waals surface area contributed by atoms with E-state index < -0.39 is 0 Å². The Hall–Kier alpha value is -1.55. The lowest BCUT2D eigenvalue weighted by atomic mass is 10.1. The van der Waals surface area contributed by atoms with E-state index in [1.54, 1.807) is 0 Å². The highest BCUT2D eigenvalue weighted by Gasteiger charge is 2.09. The predicted octanol–water partition coefficient (Wildman–Crippen LogP) is 2.22. The molecule has 0 saturated carbocycles. The van der Waals surface area contributed by atoms with Crippen molar-refractivity contribution in [1.82, 2.24) is 20.1 Å². The van der Waals surface area contributed by atoms with Gasteiger partial charge >= 0.3 is 0 Å². The van der Waals surface area contributed by atoms with Crippen LogP contribution in [0.1, 0.15) is 35.5 Å². The molecule has 2 aromatic rings. The van der Waals surface area contributed by atoms with E-state index in [0.717, 1.165) is 6.54 Å². The minimum Gasteiger partial charge on any atom is -0.352 e. The SMILES string of the molecule is Cc1cc(CNC(C)c2cn[nH]c2)c(C)n1C. The Kier molecular flexibility index (Phi) is 3.33. The molecule has 0 amide bonds. The zero-order valence-corrected chi connectivity index (χ0v) is 10.9. The maximum absolute atomic E-state index is 3.96. The maximum Gasteiger partial charge on any atom is 0.0534 e. The minimum absolute atomic E-state index is 0.314. The van der Waals surface area contributed by atoms with Crippen LogP contribution in [0.2, 0.25) is 0 Å². The molecule has 0 saturated heterocycles. The van der Waals surface area contributed by atoms with Crippen molar-refractivity contribution in [1.29, 1.82) is 0 Å². The lowest BCUT2D eigenvalue weighted by molar-refractivity contribution is 0.573. The van der Waals surface area contributed by atoms with E-state index in [0.29, 0.717) is 6.04 Å². The molecular formula is C13H20N4. The lowest BCUT2D eigenvalue weighted by Crippen LogP contribution is -2.18. The van der Waals surface area contributed by atoms with Gasteiger partial charge in [-0.25, -0.2) is 0 Å². The number of nitrogens with zero attached hydrogens (tertiary/aromatic N) is 2. The average molecular weight is 232 g/mol. The molecule has 0 aliphatic rings. The molecule has 4 nitrogen and oxygen atoms in total. The van der Waals surface area contributed by atoms with Crippen LogP contribution in [0.15, 0.2) is 18.5 Å². The van der Waals surface area contributed by atoms with Gasteiger partial charge in [-0.1, -0.05) is 0 Å². The van der Waals surface area contributed by atoms with Crippen molar-refractivity contribution in [3.05, 3.63) is 41.0 Å². The van der Waals surface area contributed by atoms with E-state index in [-0.39, 0.29) is 0 Å². The van der Waals surface area contributed by atoms with Gasteiger partial charge in [0.15, 0.2) is 0 Å². The number of aromatic amines is 1. The molecular weight excluding hydrogens is 212 g/mol. The Bertz CT molecular complexity index is 482. The summed E-state index contributed by atoms with van der Waals surface area (Å²) in [7, 11) is 2.10. The summed E-state index contributed by atoms with van der Waals surface area (Å²) >= 11 is 0. The van der Waals surface area contributed by atoms with Gasteiger partial charge in [-0.2, -0.15) is 5.10 Å². The van der Waals surface area contributed by atoms with Crippen LogP contribution in [-0.4, -0.2) is 14.8 Å². The average Bonchev–Trinajstić information content (AvgIpc) is 2.91. The summed E-state index contributed by atoms with van der Waals surface area (Å²) in [5.74, 6) is 0. The van der Waals surface area contributed by atoms with Crippen LogP contribution in [-0.2, 0) is 13.6 Å². The van der Waals surface area contributed by atoms with Crippen LogP contribution >= 0.6 is 0 Å². The quantitative estimate of drug-likeness (QED) is 0.849. The smallest absolute Gasteiger partial charge is 0.0534 e. The van der Waals surface area contributed by atoms with Crippen LogP contribution < -0.4 is 5.32 Å². The van der Waals surface area contributed by atoms with Gasteiger partial charge in [-0.15, -0.1) is 0 Å². The minimum atomic E-state index is 0.314. The first-order chi connectivity index (χ1) is 8.09. The molecule has 0 fully saturated rings. The Morgan fingerprint density at radius 2 is 2.24 bits per heavy atom. The lowest BCUT2D eigenvalue weighted by Gasteiger charge is -2.11. The van der Waals surface area contributed by atoms with E-state index in [9.17, 15) is 0 Å². The van der Waals surface area contributed by atoms with Crippen molar-refractivity contribution >= 4 is 0 Å². The number of aryl methyl sites for hydroxylation is 1. The molecule has 1 unspecified atom stereocenters. The second-order valence-corrected chi connectivity index (χ2v) is 4.59. The maximum atomic E-state index is 3.96. The molecule has 17 heavy (non-hydrogen) atoms. The van der Waals surface area contributed by atoms with E-state index >= 15 is 0 Å². The van der Waals surface area contributed by atoms with Gasteiger partial charge in [0.2, 0.25) is 0 Å². The fraction of sp³-hybridized carbons (Fsp3) is 0.462. The van der Waals surface area contributed by atoms with Crippen molar-refractivity contribution in [2.75, 3.05) is 0 Å². The Balaban J connectivity index is 2.00. The molecule has 0 aromatic carbocycles. The van der Waals surface area contributed by atoms with Crippen LogP contribution in [0, 0.1) is 13.8 Å². The van der Waals surface area contributed by atoms with Crippen LogP contribution in [0.5, 0.6) is 0 Å². The van der Waals surface area contributed by atoms with Gasteiger partial charge in [0, 0.05) is 42.8 Å². The molecule has 0 radical (unpaired) electrons. The van der Waals surface area contributed by atoms with E-state index in [1.165, 1.54) is 22.5 Å². The van der Waals surface area contributed by atoms with Crippen LogP contribution in [0.25, 0.3) is 0 Å². The van der Waals surface area contributed by atoms with Gasteiger partial charge in [0.25, 0.3) is 0 Å². The normalized spacial score (nSPS) is 12.9. The van der Waals surface area contributed by atoms with Crippen molar-refractivity contribution in [2.24, 2.45) is 7.05 Å². The molecule has 1 atom stereocenters. The van der Waals surface area contributed by atoms with Crippen molar-refractivity contribution < 1.29 is 0 Å². The first kappa shape index (κ1) is 11.9. The highest BCUT2D eigenvalue weighted by molar-refractivity contribution is 5.26. The van der Waals surface area contributed by atoms with Crippen LogP contribution in [0.3, 0.4) is 0 Å². The molecule has 4 heteroatoms. The molecule has 0 aliphatic heterocycles. The topological polar surface area (TPSA) is 45.6 Å². The van der Waals surface area contributed by atoms with Gasteiger partial charge in [0.1, 0.15) is 0 Å². The Morgan fingerprint density at radius 3 is 2.76 bits per heavy atom. The third-order valence-electron chi connectivity index (χ3n) is 3.50. The molecule has 2 heterocycles. The Morgan fingerprint density at radius 1 is 1.47 bits per heavy atom. The molecule has 0 aliphatic carbocycles. The molecule has 92 valence electrons. The van der Waals surface area contributed by atoms with Gasteiger partial charge < -0.3 is 9.88 Å². The summed E-state index contributed by atoms with van der Waals surface area (Å²) in [5, 5.41) is 10.3. The fourth-order valence-corrected chi connectivity index (χ4v) is 1.99. The van der Waals surface area contributed by atoms with Crippen LogP contribution in [0.4, 0.5) is 0 Å². The molecule has 0 bridgehead atoms. The monoisotopic (exact) mass is 232 g/mol. The highest BCUT2D eigenvalue weighted by atomic mass is 15.1. The van der Waals surface area contributed by atoms with Gasteiger partial charge in [-0.3, -0.25) is 5.10 Å². The van der Waals surface area contributed by atoms with E-state index in [1.807, 2.05) is 12.4 Å². The summed E-state index contributed by atoms with van der Waals surface area (Å²) in [6.45, 7) is 7.33. The molecule has 0 spiro atoms. The number of hydrogen-bond acceptors (Lipinski definition) is 2. The van der Waals surface area contributed by atoms with E-state index in [2.05, 4.69) is 54.0 Å². The largest absolute Gasteiger partial charge is 0.352 e. The summed E-state index contributed by atoms with van der Waals surface area (Å²) in [6, 6.07) is 2.55. The Labute approximate surface area is 102 Å². The first-order valence-electron chi connectivity index (χ1n) is 5.93. The van der Waals surface area contributed by atoms with Gasteiger partial charge in [-0.05, 0) is 32.4 Å². The molecule has 2 aromatic heterocycles. The predicted molar refractivity (Wildman–Crippen MR) is 68.7 cm³/mol. The van der Waals surface area contributed by atoms with E-state index in [4.69, 9.17) is 0 Å². The molecule has 2 N–H and O–H groups in total. The van der Waals surface area contributed by atoms with Crippen molar-refractivity contribution in [2.45, 2.75) is 33.4 Å². The zero-order valence-electron chi connectivity index (χ0n) is 10.9. The second-order valence-electron chi connectivity index (χ2n) is 4.59. The number of aromatic nitrogens is 3.